The van der Waals surface area contributed by atoms with Crippen molar-refractivity contribution >= 4 is 23.3 Å². The van der Waals surface area contributed by atoms with Crippen molar-refractivity contribution in [3.8, 4) is 17.2 Å². The van der Waals surface area contributed by atoms with Crippen LogP contribution in [0.25, 0.3) is 0 Å². The fourth-order valence-corrected chi connectivity index (χ4v) is 2.68. The first-order chi connectivity index (χ1) is 16.4. The maximum absolute atomic E-state index is 14.4. The van der Waals surface area contributed by atoms with Crippen LogP contribution in [0.1, 0.15) is 16.1 Å². The molecule has 0 spiro atoms. The van der Waals surface area contributed by atoms with Gasteiger partial charge in [0.05, 0.1) is 16.9 Å². The zero-order valence-corrected chi connectivity index (χ0v) is 17.2. The summed E-state index contributed by atoms with van der Waals surface area (Å²) in [5, 5.41) is 3.95. The number of nitrogens with zero attached hydrogens (tertiary/aromatic N) is 1. The number of rotatable bonds is 7. The number of anilines is 2. The first-order valence-electron chi connectivity index (χ1n) is 9.39. The summed E-state index contributed by atoms with van der Waals surface area (Å²) in [7, 11) is 0. The Bertz CT molecular complexity index is 1250. The van der Waals surface area contributed by atoms with E-state index in [1.807, 2.05) is 10.6 Å². The van der Waals surface area contributed by atoms with Crippen molar-refractivity contribution in [2.24, 2.45) is 5.73 Å². The average molecular weight is 500 g/mol. The van der Waals surface area contributed by atoms with Crippen molar-refractivity contribution in [3.05, 3.63) is 71.8 Å². The summed E-state index contributed by atoms with van der Waals surface area (Å²) in [6, 6.07) is 6.02. The molecule has 3 rings (SSSR count). The average Bonchev–Trinajstić information content (AvgIpc) is 2.76. The largest absolute Gasteiger partial charge is 0.457 e. The van der Waals surface area contributed by atoms with Crippen LogP contribution in [0, 0.1) is 5.82 Å². The van der Waals surface area contributed by atoms with Gasteiger partial charge in [-0.05, 0) is 36.4 Å². The van der Waals surface area contributed by atoms with Gasteiger partial charge in [0.15, 0.2) is 0 Å². The van der Waals surface area contributed by atoms with Crippen molar-refractivity contribution in [2.45, 2.75) is 12.8 Å². The first kappa shape index (κ1) is 25.1. The second-order valence-corrected chi connectivity index (χ2v) is 6.65. The molecule has 1 heterocycles. The van der Waals surface area contributed by atoms with Gasteiger partial charge in [-0.3, -0.25) is 9.78 Å². The van der Waals surface area contributed by atoms with Crippen molar-refractivity contribution in [2.75, 3.05) is 10.6 Å². The molecule has 0 unspecified atom stereocenters. The molecule has 0 radical (unpaired) electrons. The highest BCUT2D eigenvalue weighted by Crippen LogP contribution is 2.36. The number of carbonyl (C=O) groups is 2. The van der Waals surface area contributed by atoms with Crippen LogP contribution in [0.5, 0.6) is 17.2 Å². The number of amides is 3. The van der Waals surface area contributed by atoms with Crippen LogP contribution in [0.15, 0.2) is 54.7 Å². The lowest BCUT2D eigenvalue weighted by atomic mass is 10.2. The second kappa shape index (κ2) is 10.2. The second-order valence-electron chi connectivity index (χ2n) is 6.65. The molecule has 0 aliphatic carbocycles. The van der Waals surface area contributed by atoms with Gasteiger partial charge in [0, 0.05) is 18.3 Å². The normalized spacial score (nSPS) is 11.2. The predicted molar refractivity (Wildman–Crippen MR) is 110 cm³/mol. The lowest BCUT2D eigenvalue weighted by Gasteiger charge is -2.15. The van der Waals surface area contributed by atoms with Gasteiger partial charge in [-0.25, -0.2) is 9.18 Å². The number of halogens is 6. The molecule has 35 heavy (non-hydrogen) atoms. The number of pyridine rings is 1. The summed E-state index contributed by atoms with van der Waals surface area (Å²) in [5.41, 5.74) is 2.65. The van der Waals surface area contributed by atoms with Crippen molar-refractivity contribution < 1.29 is 45.4 Å². The lowest BCUT2D eigenvalue weighted by Crippen LogP contribution is -2.21. The smallest absolute Gasteiger partial charge is 0.416 e. The van der Waals surface area contributed by atoms with Crippen LogP contribution in [0.4, 0.5) is 42.5 Å². The number of alkyl halides is 5. The lowest BCUT2D eigenvalue weighted by molar-refractivity contribution is -0.137. The number of carbonyl (C=O) groups excluding carboxylic acids is 2. The van der Waals surface area contributed by atoms with Crippen LogP contribution < -0.4 is 25.8 Å². The van der Waals surface area contributed by atoms with Crippen LogP contribution in [0.3, 0.4) is 0 Å². The highest BCUT2D eigenvalue weighted by Gasteiger charge is 2.31. The minimum absolute atomic E-state index is 0.0411. The summed E-state index contributed by atoms with van der Waals surface area (Å²) in [5.74, 6) is -2.48. The van der Waals surface area contributed by atoms with E-state index in [9.17, 15) is 35.9 Å². The zero-order chi connectivity index (χ0) is 25.8. The van der Waals surface area contributed by atoms with Crippen LogP contribution in [0.2, 0.25) is 0 Å². The maximum Gasteiger partial charge on any atom is 0.416 e. The first-order valence-corrected chi connectivity index (χ1v) is 9.39. The number of hydrogen-bond donors (Lipinski definition) is 3. The number of nitrogens with one attached hydrogen (secondary N) is 2. The van der Waals surface area contributed by atoms with E-state index in [0.29, 0.717) is 18.2 Å². The van der Waals surface area contributed by atoms with E-state index in [1.54, 1.807) is 0 Å². The van der Waals surface area contributed by atoms with E-state index in [0.717, 1.165) is 12.1 Å². The van der Waals surface area contributed by atoms with E-state index >= 15 is 0 Å². The topological polar surface area (TPSA) is 116 Å². The van der Waals surface area contributed by atoms with Crippen molar-refractivity contribution in [1.82, 2.24) is 4.98 Å². The molecule has 0 bridgehead atoms. The minimum Gasteiger partial charge on any atom is -0.457 e. The third-order valence-electron chi connectivity index (χ3n) is 4.18. The molecule has 0 aliphatic heterocycles. The summed E-state index contributed by atoms with van der Waals surface area (Å²) >= 11 is 0. The molecule has 8 nitrogen and oxygen atoms in total. The zero-order valence-electron chi connectivity index (χ0n) is 17.2. The fraction of sp³-hybridized carbons (Fsp3) is 0.0952. The molecule has 2 aromatic carbocycles. The third kappa shape index (κ3) is 6.75. The Kier molecular flexibility index (Phi) is 7.32. The van der Waals surface area contributed by atoms with Gasteiger partial charge >= 0.3 is 18.8 Å². The Morgan fingerprint density at radius 2 is 1.63 bits per heavy atom. The molecule has 14 heteroatoms. The van der Waals surface area contributed by atoms with Gasteiger partial charge < -0.3 is 25.8 Å². The van der Waals surface area contributed by atoms with Crippen molar-refractivity contribution in [1.29, 1.82) is 0 Å². The minimum atomic E-state index is -4.83. The molecular weight excluding hydrogens is 486 g/mol. The van der Waals surface area contributed by atoms with Gasteiger partial charge in [0.1, 0.15) is 28.8 Å². The van der Waals surface area contributed by atoms with Gasteiger partial charge in [-0.1, -0.05) is 0 Å². The van der Waals surface area contributed by atoms with E-state index in [-0.39, 0.29) is 17.2 Å². The highest BCUT2D eigenvalue weighted by atomic mass is 19.4. The molecule has 1 aromatic heterocycles. The number of aromatic nitrogens is 1. The number of hydrogen-bond acceptors (Lipinski definition) is 5. The quantitative estimate of drug-likeness (QED) is 0.377. The Morgan fingerprint density at radius 1 is 0.943 bits per heavy atom. The monoisotopic (exact) mass is 500 g/mol. The Labute approximate surface area is 192 Å². The predicted octanol–water partition coefficient (Wildman–Crippen LogP) is 5.38. The number of ether oxygens (including phenoxy) is 2. The third-order valence-corrected chi connectivity index (χ3v) is 4.18. The Balaban J connectivity index is 1.75. The summed E-state index contributed by atoms with van der Waals surface area (Å²) in [6.07, 6.45) is -3.59. The highest BCUT2D eigenvalue weighted by molar-refractivity contribution is 6.00. The molecule has 3 amide bonds. The molecular formula is C21H14F6N4O4. The van der Waals surface area contributed by atoms with E-state index in [1.165, 1.54) is 24.4 Å². The van der Waals surface area contributed by atoms with E-state index in [4.69, 9.17) is 10.5 Å². The van der Waals surface area contributed by atoms with Crippen molar-refractivity contribution in [3.63, 3.8) is 0 Å². The number of primary amides is 1. The SMILES string of the molecule is NC(=O)c1cc(Oc2ccc(NC(=O)Nc3cc(C(F)(F)F)ccc3OC(F)F)c(F)c2)ccn1. The Hall–Kier alpha value is -4.49. The van der Waals surface area contributed by atoms with Crippen LogP contribution >= 0.6 is 0 Å². The molecule has 3 aromatic rings. The van der Waals surface area contributed by atoms with E-state index < -0.39 is 53.2 Å². The van der Waals surface area contributed by atoms with Crippen LogP contribution in [-0.2, 0) is 6.18 Å². The molecule has 0 fully saturated rings. The number of nitrogens with two attached hydrogens (primary N) is 1. The number of urea groups is 1. The van der Waals surface area contributed by atoms with Gasteiger partial charge in [0.25, 0.3) is 5.91 Å². The van der Waals surface area contributed by atoms with Gasteiger partial charge in [-0.2, -0.15) is 22.0 Å². The van der Waals surface area contributed by atoms with E-state index in [2.05, 4.69) is 9.72 Å². The standard InChI is InChI=1S/C21H14F6N4O4/c22-13-8-11(34-12-5-6-29-16(9-12)18(28)32)2-3-14(13)30-20(33)31-15-7-10(21(25,26)27)1-4-17(15)35-19(23)24/h1-9,19H,(H2,28,32)(H2,30,31,33). The summed E-state index contributed by atoms with van der Waals surface area (Å²) in [4.78, 5) is 27.1. The molecule has 0 aliphatic rings. The molecule has 0 saturated carbocycles. The molecule has 0 atom stereocenters. The summed E-state index contributed by atoms with van der Waals surface area (Å²) < 4.78 is 87.9. The Morgan fingerprint density at radius 3 is 2.26 bits per heavy atom. The number of benzene rings is 2. The molecule has 4 N–H and O–H groups in total. The molecule has 0 saturated heterocycles. The fourth-order valence-electron chi connectivity index (χ4n) is 2.68. The van der Waals surface area contributed by atoms with Crippen LogP contribution in [-0.4, -0.2) is 23.5 Å². The maximum atomic E-state index is 14.4. The van der Waals surface area contributed by atoms with Gasteiger partial charge in [-0.15, -0.1) is 0 Å². The van der Waals surface area contributed by atoms with Gasteiger partial charge in [0.2, 0.25) is 0 Å². The summed E-state index contributed by atoms with van der Waals surface area (Å²) in [6.45, 7) is -3.38. The molecule has 184 valence electrons.